The van der Waals surface area contributed by atoms with Gasteiger partial charge in [0.05, 0.1) is 12.0 Å². The second-order valence-electron chi connectivity index (χ2n) is 6.16. The summed E-state index contributed by atoms with van der Waals surface area (Å²) in [6.07, 6.45) is 1.52. The average Bonchev–Trinajstić information content (AvgIpc) is 2.40. The minimum atomic E-state index is -1.05. The van der Waals surface area contributed by atoms with Crippen LogP contribution in [0.25, 0.3) is 0 Å². The molecule has 0 radical (unpaired) electrons. The SMILES string of the molecule is CNC(=O)CN1CCC(NC(=O)CC(C)(C)C(=O)O)CC1. The molecule has 1 aliphatic heterocycles. The zero-order valence-corrected chi connectivity index (χ0v) is 12.9. The Hall–Kier alpha value is -1.63. The van der Waals surface area contributed by atoms with Crippen LogP contribution in [0.5, 0.6) is 0 Å². The molecule has 2 amide bonds. The van der Waals surface area contributed by atoms with E-state index in [1.807, 2.05) is 4.90 Å². The zero-order chi connectivity index (χ0) is 16.0. The predicted octanol–water partition coefficient (Wildman–Crippen LogP) is -0.186. The van der Waals surface area contributed by atoms with Gasteiger partial charge in [-0.15, -0.1) is 0 Å². The third kappa shape index (κ3) is 5.71. The Morgan fingerprint density at radius 3 is 2.24 bits per heavy atom. The largest absolute Gasteiger partial charge is 0.481 e. The van der Waals surface area contributed by atoms with Crippen molar-refractivity contribution >= 4 is 17.8 Å². The van der Waals surface area contributed by atoms with Gasteiger partial charge in [0.15, 0.2) is 0 Å². The number of likely N-dealkylation sites (tertiary alicyclic amines) is 1. The van der Waals surface area contributed by atoms with Crippen LogP contribution in [-0.4, -0.2) is 60.5 Å². The molecule has 0 saturated carbocycles. The molecule has 1 saturated heterocycles. The second kappa shape index (κ2) is 7.40. The average molecular weight is 299 g/mol. The Morgan fingerprint density at radius 2 is 1.76 bits per heavy atom. The first-order chi connectivity index (χ1) is 9.74. The van der Waals surface area contributed by atoms with E-state index < -0.39 is 11.4 Å². The molecule has 1 rings (SSSR count). The van der Waals surface area contributed by atoms with E-state index in [0.29, 0.717) is 6.54 Å². The molecule has 7 nitrogen and oxygen atoms in total. The molecule has 21 heavy (non-hydrogen) atoms. The highest BCUT2D eigenvalue weighted by molar-refractivity contribution is 5.84. The van der Waals surface area contributed by atoms with Crippen LogP contribution in [0.4, 0.5) is 0 Å². The molecule has 0 aromatic rings. The fourth-order valence-corrected chi connectivity index (χ4v) is 2.27. The molecule has 0 atom stereocenters. The summed E-state index contributed by atoms with van der Waals surface area (Å²) in [5.74, 6) is -1.22. The maximum absolute atomic E-state index is 11.9. The van der Waals surface area contributed by atoms with Crippen molar-refractivity contribution in [2.45, 2.75) is 39.2 Å². The van der Waals surface area contributed by atoms with Crippen molar-refractivity contribution in [2.75, 3.05) is 26.7 Å². The summed E-state index contributed by atoms with van der Waals surface area (Å²) in [4.78, 5) is 36.2. The number of likely N-dealkylation sites (N-methyl/N-ethyl adjacent to an activating group) is 1. The summed E-state index contributed by atoms with van der Waals surface area (Å²) in [5.41, 5.74) is -1.05. The summed E-state index contributed by atoms with van der Waals surface area (Å²) >= 11 is 0. The van der Waals surface area contributed by atoms with Crippen molar-refractivity contribution in [1.82, 2.24) is 15.5 Å². The van der Waals surface area contributed by atoms with Gasteiger partial charge >= 0.3 is 5.97 Å². The van der Waals surface area contributed by atoms with Gasteiger partial charge in [-0.2, -0.15) is 0 Å². The van der Waals surface area contributed by atoms with Gasteiger partial charge < -0.3 is 15.7 Å². The highest BCUT2D eigenvalue weighted by atomic mass is 16.4. The summed E-state index contributed by atoms with van der Waals surface area (Å²) in [6.45, 7) is 4.96. The van der Waals surface area contributed by atoms with E-state index in [-0.39, 0.29) is 24.3 Å². The fraction of sp³-hybridized carbons (Fsp3) is 0.786. The number of nitrogens with zero attached hydrogens (tertiary/aromatic N) is 1. The smallest absolute Gasteiger partial charge is 0.309 e. The lowest BCUT2D eigenvalue weighted by Crippen LogP contribution is -2.47. The summed E-state index contributed by atoms with van der Waals surface area (Å²) in [6, 6.07) is 0.0584. The summed E-state index contributed by atoms with van der Waals surface area (Å²) in [5, 5.41) is 14.5. The highest BCUT2D eigenvalue weighted by Crippen LogP contribution is 2.20. The number of carboxylic acids is 1. The number of carbonyl (C=O) groups excluding carboxylic acids is 2. The molecule has 0 aromatic carbocycles. The summed E-state index contributed by atoms with van der Waals surface area (Å²) in [7, 11) is 1.61. The molecule has 1 heterocycles. The highest BCUT2D eigenvalue weighted by Gasteiger charge is 2.31. The maximum Gasteiger partial charge on any atom is 0.309 e. The molecule has 1 fully saturated rings. The quantitative estimate of drug-likeness (QED) is 0.631. The zero-order valence-electron chi connectivity index (χ0n) is 12.9. The third-order valence-electron chi connectivity index (χ3n) is 3.78. The standard InChI is InChI=1S/C14H25N3O4/c1-14(2,13(20)21)8-11(18)16-10-4-6-17(7-5-10)9-12(19)15-3/h10H,4-9H2,1-3H3,(H,15,19)(H,16,18)(H,20,21). The van der Waals surface area contributed by atoms with E-state index in [4.69, 9.17) is 5.11 Å². The van der Waals surface area contributed by atoms with Gasteiger partial charge in [-0.3, -0.25) is 19.3 Å². The molecule has 0 spiro atoms. The van der Waals surface area contributed by atoms with E-state index in [1.54, 1.807) is 20.9 Å². The fourth-order valence-electron chi connectivity index (χ4n) is 2.27. The summed E-state index contributed by atoms with van der Waals surface area (Å²) < 4.78 is 0. The van der Waals surface area contributed by atoms with Gasteiger partial charge in [0.25, 0.3) is 0 Å². The van der Waals surface area contributed by atoms with Crippen LogP contribution in [0.15, 0.2) is 0 Å². The van der Waals surface area contributed by atoms with Crippen LogP contribution in [0.3, 0.4) is 0 Å². The number of amides is 2. The predicted molar refractivity (Wildman–Crippen MR) is 77.7 cm³/mol. The van der Waals surface area contributed by atoms with Crippen molar-refractivity contribution < 1.29 is 19.5 Å². The molecular formula is C14H25N3O4. The monoisotopic (exact) mass is 299 g/mol. The van der Waals surface area contributed by atoms with Crippen molar-refractivity contribution in [2.24, 2.45) is 5.41 Å². The molecular weight excluding hydrogens is 274 g/mol. The first kappa shape index (κ1) is 17.4. The second-order valence-corrected chi connectivity index (χ2v) is 6.16. The number of nitrogens with one attached hydrogen (secondary N) is 2. The molecule has 7 heteroatoms. The molecule has 120 valence electrons. The third-order valence-corrected chi connectivity index (χ3v) is 3.78. The molecule has 1 aliphatic rings. The van der Waals surface area contributed by atoms with Crippen LogP contribution < -0.4 is 10.6 Å². The van der Waals surface area contributed by atoms with Gasteiger partial charge in [-0.1, -0.05) is 0 Å². The number of rotatable bonds is 6. The molecule has 0 aliphatic carbocycles. The van der Waals surface area contributed by atoms with E-state index in [2.05, 4.69) is 10.6 Å². The van der Waals surface area contributed by atoms with E-state index >= 15 is 0 Å². The maximum atomic E-state index is 11.9. The van der Waals surface area contributed by atoms with E-state index in [1.165, 1.54) is 0 Å². The number of hydrogen-bond acceptors (Lipinski definition) is 4. The van der Waals surface area contributed by atoms with Gasteiger partial charge in [0, 0.05) is 32.6 Å². The lowest BCUT2D eigenvalue weighted by Gasteiger charge is -2.32. The first-order valence-electron chi connectivity index (χ1n) is 7.20. The van der Waals surface area contributed by atoms with Crippen molar-refractivity contribution in [3.63, 3.8) is 0 Å². The number of carbonyl (C=O) groups is 3. The topological polar surface area (TPSA) is 98.7 Å². The minimum Gasteiger partial charge on any atom is -0.481 e. The van der Waals surface area contributed by atoms with Crippen molar-refractivity contribution in [3.05, 3.63) is 0 Å². The van der Waals surface area contributed by atoms with Crippen molar-refractivity contribution in [3.8, 4) is 0 Å². The Kier molecular flexibility index (Phi) is 6.14. The van der Waals surface area contributed by atoms with E-state index in [9.17, 15) is 14.4 Å². The van der Waals surface area contributed by atoms with Gasteiger partial charge in [0.1, 0.15) is 0 Å². The van der Waals surface area contributed by atoms with Crippen LogP contribution in [0.2, 0.25) is 0 Å². The van der Waals surface area contributed by atoms with Crippen LogP contribution >= 0.6 is 0 Å². The Labute approximate surface area is 125 Å². The van der Waals surface area contributed by atoms with Crippen LogP contribution in [-0.2, 0) is 14.4 Å². The lowest BCUT2D eigenvalue weighted by molar-refractivity contribution is -0.149. The van der Waals surface area contributed by atoms with Crippen LogP contribution in [0.1, 0.15) is 33.1 Å². The first-order valence-corrected chi connectivity index (χ1v) is 7.20. The molecule has 0 aromatic heterocycles. The van der Waals surface area contributed by atoms with Gasteiger partial charge in [-0.05, 0) is 26.7 Å². The normalized spacial score (nSPS) is 17.3. The van der Waals surface area contributed by atoms with Gasteiger partial charge in [-0.25, -0.2) is 0 Å². The lowest BCUT2D eigenvalue weighted by atomic mass is 9.89. The Bertz CT molecular complexity index is 401. The Morgan fingerprint density at radius 1 is 1.19 bits per heavy atom. The molecule has 3 N–H and O–H groups in total. The number of carboxylic acid groups (broad SMARTS) is 1. The van der Waals surface area contributed by atoms with Gasteiger partial charge in [0.2, 0.25) is 11.8 Å². The number of aliphatic carboxylic acids is 1. The Balaban J connectivity index is 2.34. The van der Waals surface area contributed by atoms with Crippen molar-refractivity contribution in [1.29, 1.82) is 0 Å². The van der Waals surface area contributed by atoms with Crippen LogP contribution in [0, 0.1) is 5.41 Å². The number of hydrogen-bond donors (Lipinski definition) is 3. The molecule has 0 unspecified atom stereocenters. The van der Waals surface area contributed by atoms with E-state index in [0.717, 1.165) is 25.9 Å². The minimum absolute atomic E-state index is 0.0132. The molecule has 0 bridgehead atoms. The number of piperidine rings is 1.